The van der Waals surface area contributed by atoms with Crippen molar-refractivity contribution in [3.05, 3.63) is 47.1 Å². The molecular weight excluding hydrogens is 329 g/mol. The topological polar surface area (TPSA) is 58.6 Å². The molecule has 0 bridgehead atoms. The molecule has 1 aliphatic carbocycles. The van der Waals surface area contributed by atoms with E-state index in [1.807, 2.05) is 6.07 Å². The second-order valence-corrected chi connectivity index (χ2v) is 7.10. The van der Waals surface area contributed by atoms with E-state index in [9.17, 15) is 14.3 Å². The Kier molecular flexibility index (Phi) is 5.60. The molecule has 1 unspecified atom stereocenters. The standard InChI is InChI=1S/C18H20FNO3S/c19-14-5-3-13(4-6-14)16-7-8-17(24-16)18(22)20-9-15(21)11-23-10-12-1-2-12/h3-8,12,15,21H,1-2,9-11H2,(H,20,22). The molecule has 1 saturated carbocycles. The number of nitrogens with one attached hydrogen (secondary N) is 1. The Morgan fingerprint density at radius 3 is 2.75 bits per heavy atom. The summed E-state index contributed by atoms with van der Waals surface area (Å²) in [4.78, 5) is 13.6. The maximum atomic E-state index is 13.0. The summed E-state index contributed by atoms with van der Waals surface area (Å²) in [7, 11) is 0. The van der Waals surface area contributed by atoms with Crippen molar-refractivity contribution in [2.45, 2.75) is 18.9 Å². The van der Waals surface area contributed by atoms with Crippen molar-refractivity contribution in [1.29, 1.82) is 0 Å². The summed E-state index contributed by atoms with van der Waals surface area (Å²) in [5.41, 5.74) is 0.869. The monoisotopic (exact) mass is 349 g/mol. The highest BCUT2D eigenvalue weighted by Gasteiger charge is 2.21. The molecule has 1 amide bonds. The number of ether oxygens (including phenoxy) is 1. The van der Waals surface area contributed by atoms with E-state index in [2.05, 4.69) is 5.32 Å². The molecule has 0 spiro atoms. The number of thiophene rings is 1. The molecule has 2 aromatic rings. The van der Waals surface area contributed by atoms with Crippen molar-refractivity contribution in [2.24, 2.45) is 5.92 Å². The van der Waals surface area contributed by atoms with Crippen LogP contribution in [-0.2, 0) is 4.74 Å². The van der Waals surface area contributed by atoms with Crippen LogP contribution in [0.15, 0.2) is 36.4 Å². The predicted molar refractivity (Wildman–Crippen MR) is 91.6 cm³/mol. The smallest absolute Gasteiger partial charge is 0.261 e. The lowest BCUT2D eigenvalue weighted by atomic mass is 10.2. The van der Waals surface area contributed by atoms with Crippen molar-refractivity contribution >= 4 is 17.2 Å². The number of hydrogen-bond donors (Lipinski definition) is 2. The molecule has 0 saturated heterocycles. The van der Waals surface area contributed by atoms with Gasteiger partial charge in [0.2, 0.25) is 0 Å². The highest BCUT2D eigenvalue weighted by atomic mass is 32.1. The summed E-state index contributed by atoms with van der Waals surface area (Å²) in [5.74, 6) is 0.142. The van der Waals surface area contributed by atoms with E-state index in [0.717, 1.165) is 10.4 Å². The van der Waals surface area contributed by atoms with Crippen LogP contribution in [0, 0.1) is 11.7 Å². The van der Waals surface area contributed by atoms with Gasteiger partial charge in [-0.1, -0.05) is 12.1 Å². The van der Waals surface area contributed by atoms with E-state index >= 15 is 0 Å². The number of halogens is 1. The zero-order valence-electron chi connectivity index (χ0n) is 13.2. The van der Waals surface area contributed by atoms with Crippen molar-refractivity contribution in [3.8, 4) is 10.4 Å². The highest BCUT2D eigenvalue weighted by molar-refractivity contribution is 7.17. The van der Waals surface area contributed by atoms with Crippen LogP contribution in [0.4, 0.5) is 4.39 Å². The van der Waals surface area contributed by atoms with Gasteiger partial charge in [0.1, 0.15) is 5.82 Å². The second kappa shape index (κ2) is 7.88. The third-order valence-electron chi connectivity index (χ3n) is 3.82. The molecular formula is C18H20FNO3S. The van der Waals surface area contributed by atoms with Crippen molar-refractivity contribution < 1.29 is 19.0 Å². The SMILES string of the molecule is O=C(NCC(O)COCC1CC1)c1ccc(-c2ccc(F)cc2)s1. The fraction of sp³-hybridized carbons (Fsp3) is 0.389. The maximum absolute atomic E-state index is 13.0. The molecule has 24 heavy (non-hydrogen) atoms. The van der Waals surface area contributed by atoms with Crippen molar-refractivity contribution in [3.63, 3.8) is 0 Å². The summed E-state index contributed by atoms with van der Waals surface area (Å²) >= 11 is 1.33. The molecule has 128 valence electrons. The minimum absolute atomic E-state index is 0.160. The Balaban J connectivity index is 1.47. The first-order valence-corrected chi connectivity index (χ1v) is 8.83. The highest BCUT2D eigenvalue weighted by Crippen LogP contribution is 2.29. The lowest BCUT2D eigenvalue weighted by Crippen LogP contribution is -2.34. The molecule has 0 radical (unpaired) electrons. The summed E-state index contributed by atoms with van der Waals surface area (Å²) in [6.45, 7) is 1.09. The molecule has 6 heteroatoms. The Morgan fingerprint density at radius 2 is 2.04 bits per heavy atom. The third kappa shape index (κ3) is 4.87. The number of hydrogen-bond acceptors (Lipinski definition) is 4. The number of aliphatic hydroxyl groups excluding tert-OH is 1. The minimum Gasteiger partial charge on any atom is -0.389 e. The van der Waals surface area contributed by atoms with Gasteiger partial charge in [0.25, 0.3) is 5.91 Å². The van der Waals surface area contributed by atoms with Gasteiger partial charge >= 0.3 is 0 Å². The van der Waals surface area contributed by atoms with Crippen LogP contribution < -0.4 is 5.32 Å². The normalized spacial score (nSPS) is 15.2. The lowest BCUT2D eigenvalue weighted by Gasteiger charge is -2.11. The van der Waals surface area contributed by atoms with Gasteiger partial charge in [0.15, 0.2) is 0 Å². The number of amides is 1. The molecule has 1 aromatic heterocycles. The zero-order chi connectivity index (χ0) is 16.9. The van der Waals surface area contributed by atoms with Gasteiger partial charge in [-0.25, -0.2) is 4.39 Å². The molecule has 1 atom stereocenters. The number of carbonyl (C=O) groups is 1. The van der Waals surface area contributed by atoms with Gasteiger partial charge in [-0.05, 0) is 48.6 Å². The van der Waals surface area contributed by atoms with Crippen LogP contribution in [0.3, 0.4) is 0 Å². The Morgan fingerprint density at radius 1 is 1.29 bits per heavy atom. The van der Waals surface area contributed by atoms with Gasteiger partial charge in [-0.15, -0.1) is 11.3 Å². The van der Waals surface area contributed by atoms with Gasteiger partial charge in [0, 0.05) is 18.0 Å². The Labute approximate surface area is 144 Å². The van der Waals surface area contributed by atoms with Gasteiger partial charge in [-0.2, -0.15) is 0 Å². The first kappa shape index (κ1) is 17.1. The summed E-state index contributed by atoms with van der Waals surface area (Å²) in [6.07, 6.45) is 1.72. The molecule has 1 fully saturated rings. The van der Waals surface area contributed by atoms with E-state index in [0.29, 0.717) is 17.4 Å². The van der Waals surface area contributed by atoms with Gasteiger partial charge < -0.3 is 15.2 Å². The number of aliphatic hydroxyl groups is 1. The van der Waals surface area contributed by atoms with E-state index < -0.39 is 6.10 Å². The van der Waals surface area contributed by atoms with Crippen LogP contribution in [0.1, 0.15) is 22.5 Å². The number of benzene rings is 1. The van der Waals surface area contributed by atoms with Crippen molar-refractivity contribution in [1.82, 2.24) is 5.32 Å². The van der Waals surface area contributed by atoms with E-state index in [1.165, 1.54) is 36.3 Å². The van der Waals surface area contributed by atoms with Crippen LogP contribution in [0.2, 0.25) is 0 Å². The fourth-order valence-corrected chi connectivity index (χ4v) is 3.17. The summed E-state index contributed by atoms with van der Waals surface area (Å²) < 4.78 is 18.4. The average Bonchev–Trinajstić information content (AvgIpc) is 3.27. The second-order valence-electron chi connectivity index (χ2n) is 6.02. The van der Waals surface area contributed by atoms with Crippen LogP contribution >= 0.6 is 11.3 Å². The summed E-state index contributed by atoms with van der Waals surface area (Å²) in [5, 5.41) is 12.5. The maximum Gasteiger partial charge on any atom is 0.261 e. The fourth-order valence-electron chi connectivity index (χ4n) is 2.24. The number of rotatable bonds is 8. The third-order valence-corrected chi connectivity index (χ3v) is 4.95. The lowest BCUT2D eigenvalue weighted by molar-refractivity contribution is 0.0321. The quantitative estimate of drug-likeness (QED) is 0.770. The predicted octanol–water partition coefficient (Wildman–Crippen LogP) is 3.07. The average molecular weight is 349 g/mol. The molecule has 1 heterocycles. The first-order valence-electron chi connectivity index (χ1n) is 8.01. The molecule has 1 aliphatic rings. The molecule has 1 aromatic carbocycles. The largest absolute Gasteiger partial charge is 0.389 e. The van der Waals surface area contributed by atoms with Crippen LogP contribution in [-0.4, -0.2) is 36.9 Å². The molecule has 2 N–H and O–H groups in total. The van der Waals surface area contributed by atoms with Gasteiger partial charge in [-0.3, -0.25) is 4.79 Å². The summed E-state index contributed by atoms with van der Waals surface area (Å²) in [6, 6.07) is 9.73. The van der Waals surface area contributed by atoms with Crippen molar-refractivity contribution in [2.75, 3.05) is 19.8 Å². The first-order chi connectivity index (χ1) is 11.6. The molecule has 3 rings (SSSR count). The van der Waals surface area contributed by atoms with E-state index in [-0.39, 0.29) is 24.9 Å². The zero-order valence-corrected chi connectivity index (χ0v) is 14.0. The van der Waals surface area contributed by atoms with Gasteiger partial charge in [0.05, 0.1) is 17.6 Å². The van der Waals surface area contributed by atoms with E-state index in [1.54, 1.807) is 18.2 Å². The molecule has 0 aliphatic heterocycles. The Hall–Kier alpha value is -1.76. The Bertz CT molecular complexity index is 682. The number of carbonyl (C=O) groups excluding carboxylic acids is 1. The van der Waals surface area contributed by atoms with Crippen LogP contribution in [0.25, 0.3) is 10.4 Å². The van der Waals surface area contributed by atoms with E-state index in [4.69, 9.17) is 4.74 Å². The molecule has 4 nitrogen and oxygen atoms in total. The minimum atomic E-state index is -0.704. The van der Waals surface area contributed by atoms with Crippen LogP contribution in [0.5, 0.6) is 0 Å².